The molecule has 0 saturated heterocycles. The number of aliphatic hydroxyl groups is 2. The molecule has 0 saturated carbocycles. The molecule has 0 unspecified atom stereocenters. The molecule has 0 atom stereocenters. The normalized spacial score (nSPS) is 8.70. The number of halogens is 1. The van der Waals surface area contributed by atoms with E-state index in [1.165, 1.54) is 0 Å². The molecule has 0 bridgehead atoms. The Morgan fingerprint density at radius 3 is 1.22 bits per heavy atom. The molecule has 27 heavy (non-hydrogen) atoms. The average Bonchev–Trinajstić information content (AvgIpc) is 2.69. The Balaban J connectivity index is -0.000000528. The molecule has 0 aromatic carbocycles. The Morgan fingerprint density at radius 1 is 0.704 bits per heavy atom. The Hall–Kier alpha value is -2.04. The largest absolute Gasteiger partial charge is 0.460 e. The standard InChI is InChI=1S/C12H18O6.C3H3ClO.C2H6O2/c1-3-11(13)17-9-7-15-5-6-16-8-10-18-12(14)4-2;1-2-3(4)5;3-1-2-4/h3-4H,1-2,5-10H2;2H,1H2;3-4H,1-2H2. The Morgan fingerprint density at radius 2 is 1.00 bits per heavy atom. The molecule has 10 heteroatoms. The second kappa shape index (κ2) is 26.2. The Labute approximate surface area is 163 Å². The number of esters is 2. The van der Waals surface area contributed by atoms with Crippen LogP contribution in [0.3, 0.4) is 0 Å². The highest BCUT2D eigenvalue weighted by Crippen LogP contribution is 1.84. The van der Waals surface area contributed by atoms with E-state index in [9.17, 15) is 14.4 Å². The molecule has 0 rings (SSSR count). The molecule has 0 aliphatic carbocycles. The fourth-order valence-electron chi connectivity index (χ4n) is 0.842. The second-order valence-corrected chi connectivity index (χ2v) is 4.30. The van der Waals surface area contributed by atoms with E-state index in [0.717, 1.165) is 18.2 Å². The first-order valence-electron chi connectivity index (χ1n) is 7.66. The highest BCUT2D eigenvalue weighted by atomic mass is 35.5. The molecular formula is C17H27ClO9. The lowest BCUT2D eigenvalue weighted by molar-refractivity contribution is -0.141. The quantitative estimate of drug-likeness (QED) is 0.191. The Bertz CT molecular complexity index is 395. The minimum absolute atomic E-state index is 0.125. The lowest BCUT2D eigenvalue weighted by Gasteiger charge is -2.06. The monoisotopic (exact) mass is 410 g/mol. The van der Waals surface area contributed by atoms with Crippen molar-refractivity contribution in [2.75, 3.05) is 52.9 Å². The van der Waals surface area contributed by atoms with Gasteiger partial charge in [0.1, 0.15) is 13.2 Å². The van der Waals surface area contributed by atoms with Gasteiger partial charge < -0.3 is 29.2 Å². The first-order chi connectivity index (χ1) is 12.9. The van der Waals surface area contributed by atoms with Gasteiger partial charge in [0.05, 0.1) is 39.6 Å². The maximum Gasteiger partial charge on any atom is 0.330 e. The summed E-state index contributed by atoms with van der Waals surface area (Å²) in [5.41, 5.74) is 0. The zero-order valence-electron chi connectivity index (χ0n) is 15.1. The summed E-state index contributed by atoms with van der Waals surface area (Å²) in [6.45, 7) is 11.1. The van der Waals surface area contributed by atoms with Crippen LogP contribution in [0.2, 0.25) is 0 Å². The zero-order valence-corrected chi connectivity index (χ0v) is 15.9. The fourth-order valence-corrected chi connectivity index (χ4v) is 0.842. The van der Waals surface area contributed by atoms with E-state index in [1.807, 2.05) is 0 Å². The summed E-state index contributed by atoms with van der Waals surface area (Å²) in [6, 6.07) is 0. The van der Waals surface area contributed by atoms with Crippen LogP contribution in [0.1, 0.15) is 0 Å². The lowest BCUT2D eigenvalue weighted by Crippen LogP contribution is -2.13. The van der Waals surface area contributed by atoms with Gasteiger partial charge in [-0.3, -0.25) is 4.79 Å². The van der Waals surface area contributed by atoms with Crippen molar-refractivity contribution in [1.29, 1.82) is 0 Å². The van der Waals surface area contributed by atoms with Crippen molar-refractivity contribution in [3.05, 3.63) is 38.0 Å². The summed E-state index contributed by atoms with van der Waals surface area (Å²) in [7, 11) is 0. The highest BCUT2D eigenvalue weighted by molar-refractivity contribution is 6.66. The number of allylic oxidation sites excluding steroid dienone is 1. The van der Waals surface area contributed by atoms with Crippen molar-refractivity contribution in [2.24, 2.45) is 0 Å². The van der Waals surface area contributed by atoms with E-state index in [-0.39, 0.29) is 26.4 Å². The van der Waals surface area contributed by atoms with Crippen LogP contribution in [0.5, 0.6) is 0 Å². The van der Waals surface area contributed by atoms with Crippen LogP contribution in [0, 0.1) is 0 Å². The maximum absolute atomic E-state index is 10.6. The number of rotatable bonds is 13. The number of hydrogen-bond acceptors (Lipinski definition) is 9. The number of ether oxygens (including phenoxy) is 4. The lowest BCUT2D eigenvalue weighted by atomic mass is 10.6. The maximum atomic E-state index is 10.6. The average molecular weight is 411 g/mol. The summed E-state index contributed by atoms with van der Waals surface area (Å²) < 4.78 is 19.6. The van der Waals surface area contributed by atoms with Crippen LogP contribution in [0.25, 0.3) is 0 Å². The molecule has 0 fully saturated rings. The summed E-state index contributed by atoms with van der Waals surface area (Å²) in [4.78, 5) is 30.7. The number of carbonyl (C=O) groups is 3. The summed E-state index contributed by atoms with van der Waals surface area (Å²) in [6.07, 6.45) is 3.23. The van der Waals surface area contributed by atoms with E-state index in [0.29, 0.717) is 26.4 Å². The van der Waals surface area contributed by atoms with Crippen LogP contribution in [0.15, 0.2) is 38.0 Å². The first-order valence-corrected chi connectivity index (χ1v) is 8.04. The van der Waals surface area contributed by atoms with Gasteiger partial charge >= 0.3 is 11.9 Å². The fraction of sp³-hybridized carbons (Fsp3) is 0.471. The van der Waals surface area contributed by atoms with Crippen LogP contribution in [-0.2, 0) is 33.3 Å². The van der Waals surface area contributed by atoms with Crippen LogP contribution >= 0.6 is 11.6 Å². The van der Waals surface area contributed by atoms with Gasteiger partial charge in [-0.15, -0.1) is 0 Å². The van der Waals surface area contributed by atoms with Crippen molar-refractivity contribution in [3.8, 4) is 0 Å². The molecule has 0 spiro atoms. The molecule has 0 aromatic rings. The van der Waals surface area contributed by atoms with Crippen molar-refractivity contribution in [3.63, 3.8) is 0 Å². The van der Waals surface area contributed by atoms with E-state index < -0.39 is 17.2 Å². The molecule has 0 aromatic heterocycles. The predicted molar refractivity (Wildman–Crippen MR) is 99.2 cm³/mol. The molecule has 2 N–H and O–H groups in total. The Kier molecular flexibility index (Phi) is 28.8. The van der Waals surface area contributed by atoms with Crippen molar-refractivity contribution in [2.45, 2.75) is 0 Å². The number of carbonyl (C=O) groups excluding carboxylic acids is 3. The predicted octanol–water partition coefficient (Wildman–Crippen LogP) is 0.387. The molecule has 0 heterocycles. The number of hydrogen-bond donors (Lipinski definition) is 2. The minimum Gasteiger partial charge on any atom is -0.460 e. The molecule has 0 amide bonds. The second-order valence-electron chi connectivity index (χ2n) is 3.92. The SMILES string of the molecule is C=CC(=O)Cl.C=CC(=O)OCCOCCOCCOC(=O)C=C.OCCO. The van der Waals surface area contributed by atoms with Gasteiger partial charge in [-0.2, -0.15) is 0 Å². The third-order valence-corrected chi connectivity index (χ3v) is 2.06. The van der Waals surface area contributed by atoms with Crippen LogP contribution in [-0.4, -0.2) is 80.2 Å². The summed E-state index contributed by atoms with van der Waals surface area (Å²) >= 11 is 4.71. The van der Waals surface area contributed by atoms with Gasteiger partial charge in [0, 0.05) is 12.2 Å². The smallest absolute Gasteiger partial charge is 0.330 e. The molecule has 9 nitrogen and oxygen atoms in total. The van der Waals surface area contributed by atoms with E-state index >= 15 is 0 Å². The first kappa shape index (κ1) is 29.7. The van der Waals surface area contributed by atoms with Crippen LogP contribution < -0.4 is 0 Å². The third kappa shape index (κ3) is 35.8. The van der Waals surface area contributed by atoms with Crippen molar-refractivity contribution < 1.29 is 43.5 Å². The van der Waals surface area contributed by atoms with Gasteiger partial charge in [0.15, 0.2) is 0 Å². The van der Waals surface area contributed by atoms with Gasteiger partial charge in [-0.05, 0) is 17.7 Å². The van der Waals surface area contributed by atoms with Gasteiger partial charge in [-0.25, -0.2) is 9.59 Å². The zero-order chi connectivity index (χ0) is 21.3. The van der Waals surface area contributed by atoms with Gasteiger partial charge in [0.2, 0.25) is 5.24 Å². The van der Waals surface area contributed by atoms with Gasteiger partial charge in [-0.1, -0.05) is 19.7 Å². The highest BCUT2D eigenvalue weighted by Gasteiger charge is 1.96. The topological polar surface area (TPSA) is 129 Å². The molecule has 0 aliphatic rings. The minimum atomic E-state index is -0.509. The van der Waals surface area contributed by atoms with E-state index in [4.69, 9.17) is 31.3 Å². The van der Waals surface area contributed by atoms with E-state index in [1.54, 1.807) is 0 Å². The van der Waals surface area contributed by atoms with Crippen molar-refractivity contribution >= 4 is 28.8 Å². The molecule has 0 radical (unpaired) electrons. The molecular weight excluding hydrogens is 384 g/mol. The van der Waals surface area contributed by atoms with Gasteiger partial charge in [0.25, 0.3) is 0 Å². The van der Waals surface area contributed by atoms with Crippen LogP contribution in [0.4, 0.5) is 0 Å². The molecule has 0 aliphatic heterocycles. The number of aliphatic hydroxyl groups excluding tert-OH is 2. The van der Waals surface area contributed by atoms with Crippen molar-refractivity contribution in [1.82, 2.24) is 0 Å². The third-order valence-electron chi connectivity index (χ3n) is 1.91. The summed E-state index contributed by atoms with van der Waals surface area (Å²) in [5, 5.41) is 14.7. The summed E-state index contributed by atoms with van der Waals surface area (Å²) in [5.74, 6) is -0.947. The molecule has 156 valence electrons. The van der Waals surface area contributed by atoms with E-state index in [2.05, 4.69) is 29.2 Å².